The van der Waals surface area contributed by atoms with E-state index in [1.165, 1.54) is 0 Å². The maximum atomic E-state index is 5.57. The van der Waals surface area contributed by atoms with Gasteiger partial charge in [-0.3, -0.25) is 0 Å². The number of nitrogens with zero attached hydrogens (tertiary/aromatic N) is 3. The van der Waals surface area contributed by atoms with Crippen molar-refractivity contribution in [2.24, 2.45) is 0 Å². The van der Waals surface area contributed by atoms with E-state index in [2.05, 4.69) is 42.5 Å². The SMILES string of the molecule is CSCCN(C)c1nnc(CNC(C)(C)C)o1. The number of anilines is 1. The minimum atomic E-state index is 0.0549. The van der Waals surface area contributed by atoms with Crippen LogP contribution in [0.5, 0.6) is 0 Å². The van der Waals surface area contributed by atoms with Crippen molar-refractivity contribution in [3.63, 3.8) is 0 Å². The summed E-state index contributed by atoms with van der Waals surface area (Å²) in [6.07, 6.45) is 2.08. The first-order valence-corrected chi connectivity index (χ1v) is 7.09. The van der Waals surface area contributed by atoms with Gasteiger partial charge in [0.05, 0.1) is 6.54 Å². The summed E-state index contributed by atoms with van der Waals surface area (Å²) in [5, 5.41) is 11.4. The second-order valence-corrected chi connectivity index (χ2v) is 5.98. The van der Waals surface area contributed by atoms with Crippen LogP contribution < -0.4 is 10.2 Å². The van der Waals surface area contributed by atoms with Gasteiger partial charge in [0.25, 0.3) is 0 Å². The summed E-state index contributed by atoms with van der Waals surface area (Å²) >= 11 is 1.80. The van der Waals surface area contributed by atoms with E-state index >= 15 is 0 Å². The average Bonchev–Trinajstić information content (AvgIpc) is 2.70. The van der Waals surface area contributed by atoms with Crippen LogP contribution in [0.25, 0.3) is 0 Å². The van der Waals surface area contributed by atoms with Gasteiger partial charge in [-0.15, -0.1) is 5.10 Å². The zero-order valence-electron chi connectivity index (χ0n) is 11.3. The Kier molecular flexibility index (Phi) is 5.27. The van der Waals surface area contributed by atoms with Crippen molar-refractivity contribution >= 4 is 17.8 Å². The van der Waals surface area contributed by atoms with Crippen LogP contribution in [-0.4, -0.2) is 41.3 Å². The molecule has 1 rings (SSSR count). The first-order valence-electron chi connectivity index (χ1n) is 5.70. The van der Waals surface area contributed by atoms with Crippen LogP contribution in [0.2, 0.25) is 0 Å². The van der Waals surface area contributed by atoms with Crippen molar-refractivity contribution < 1.29 is 4.42 Å². The predicted molar refractivity (Wildman–Crippen MR) is 72.5 cm³/mol. The Bertz CT molecular complexity index is 334. The summed E-state index contributed by atoms with van der Waals surface area (Å²) in [6.45, 7) is 7.83. The summed E-state index contributed by atoms with van der Waals surface area (Å²) in [4.78, 5) is 1.98. The summed E-state index contributed by atoms with van der Waals surface area (Å²) in [5.41, 5.74) is 0.0549. The van der Waals surface area contributed by atoms with E-state index in [1.807, 2.05) is 11.9 Å². The normalized spacial score (nSPS) is 11.8. The first-order chi connectivity index (χ1) is 7.92. The fourth-order valence-electron chi connectivity index (χ4n) is 1.14. The molecule has 0 saturated carbocycles. The lowest BCUT2D eigenvalue weighted by Crippen LogP contribution is -2.35. The number of nitrogens with one attached hydrogen (secondary N) is 1. The van der Waals surface area contributed by atoms with Crippen LogP contribution in [-0.2, 0) is 6.54 Å². The van der Waals surface area contributed by atoms with Crippen LogP contribution in [0.15, 0.2) is 4.42 Å². The summed E-state index contributed by atoms with van der Waals surface area (Å²) in [5.74, 6) is 1.68. The van der Waals surface area contributed by atoms with E-state index in [0.717, 1.165) is 12.3 Å². The van der Waals surface area contributed by atoms with E-state index in [4.69, 9.17) is 4.42 Å². The molecular weight excluding hydrogens is 236 g/mol. The first kappa shape index (κ1) is 14.3. The molecule has 1 aromatic heterocycles. The van der Waals surface area contributed by atoms with Gasteiger partial charge < -0.3 is 14.6 Å². The number of thioether (sulfide) groups is 1. The zero-order valence-corrected chi connectivity index (χ0v) is 12.1. The Labute approximate surface area is 107 Å². The Hall–Kier alpha value is -0.750. The van der Waals surface area contributed by atoms with E-state index in [0.29, 0.717) is 18.5 Å². The quantitative estimate of drug-likeness (QED) is 0.839. The van der Waals surface area contributed by atoms with Gasteiger partial charge in [0.2, 0.25) is 5.89 Å². The highest BCUT2D eigenvalue weighted by Gasteiger charge is 2.13. The molecule has 0 aromatic carbocycles. The zero-order chi connectivity index (χ0) is 12.9. The van der Waals surface area contributed by atoms with Gasteiger partial charge in [-0.25, -0.2) is 0 Å². The minimum absolute atomic E-state index is 0.0549. The van der Waals surface area contributed by atoms with Crippen molar-refractivity contribution in [2.75, 3.05) is 30.5 Å². The van der Waals surface area contributed by atoms with Crippen LogP contribution in [0, 0.1) is 0 Å². The molecule has 0 amide bonds. The highest BCUT2D eigenvalue weighted by Crippen LogP contribution is 2.11. The summed E-state index contributed by atoms with van der Waals surface area (Å²) in [7, 11) is 1.96. The predicted octanol–water partition coefficient (Wildman–Crippen LogP) is 1.76. The van der Waals surface area contributed by atoms with Crippen molar-refractivity contribution in [2.45, 2.75) is 32.9 Å². The van der Waals surface area contributed by atoms with Crippen molar-refractivity contribution in [1.82, 2.24) is 15.5 Å². The fraction of sp³-hybridized carbons (Fsp3) is 0.818. The molecule has 6 heteroatoms. The number of hydrogen-bond acceptors (Lipinski definition) is 6. The third-order valence-electron chi connectivity index (χ3n) is 2.18. The maximum absolute atomic E-state index is 5.57. The van der Waals surface area contributed by atoms with E-state index in [9.17, 15) is 0 Å². The van der Waals surface area contributed by atoms with E-state index < -0.39 is 0 Å². The minimum Gasteiger partial charge on any atom is -0.407 e. The van der Waals surface area contributed by atoms with Gasteiger partial charge in [-0.05, 0) is 27.0 Å². The highest BCUT2D eigenvalue weighted by molar-refractivity contribution is 7.98. The molecule has 0 saturated heterocycles. The number of rotatable bonds is 6. The lowest BCUT2D eigenvalue weighted by Gasteiger charge is -2.18. The number of aromatic nitrogens is 2. The van der Waals surface area contributed by atoms with E-state index in [-0.39, 0.29) is 5.54 Å². The smallest absolute Gasteiger partial charge is 0.317 e. The molecule has 0 unspecified atom stereocenters. The summed E-state index contributed by atoms with van der Waals surface area (Å²) < 4.78 is 5.57. The van der Waals surface area contributed by atoms with Crippen molar-refractivity contribution in [3.8, 4) is 0 Å². The monoisotopic (exact) mass is 258 g/mol. The number of hydrogen-bond donors (Lipinski definition) is 1. The lowest BCUT2D eigenvalue weighted by atomic mass is 10.1. The fourth-order valence-corrected chi connectivity index (χ4v) is 1.59. The Morgan fingerprint density at radius 2 is 2.06 bits per heavy atom. The molecule has 0 aliphatic rings. The largest absolute Gasteiger partial charge is 0.407 e. The third-order valence-corrected chi connectivity index (χ3v) is 2.77. The molecule has 1 N–H and O–H groups in total. The molecule has 0 aliphatic heterocycles. The van der Waals surface area contributed by atoms with Gasteiger partial charge >= 0.3 is 6.01 Å². The van der Waals surface area contributed by atoms with Gasteiger partial charge in [-0.2, -0.15) is 11.8 Å². The molecule has 1 heterocycles. The van der Waals surface area contributed by atoms with Gasteiger partial charge in [0.15, 0.2) is 0 Å². The average molecular weight is 258 g/mol. The molecule has 0 bridgehead atoms. The topological polar surface area (TPSA) is 54.2 Å². The second kappa shape index (κ2) is 6.26. The van der Waals surface area contributed by atoms with Crippen LogP contribution in [0.1, 0.15) is 26.7 Å². The van der Waals surface area contributed by atoms with Gasteiger partial charge in [0, 0.05) is 24.9 Å². The van der Waals surface area contributed by atoms with Crippen molar-refractivity contribution in [1.29, 1.82) is 0 Å². The van der Waals surface area contributed by atoms with Crippen LogP contribution in [0.4, 0.5) is 6.01 Å². The lowest BCUT2D eigenvalue weighted by molar-refractivity contribution is 0.381. The van der Waals surface area contributed by atoms with Crippen LogP contribution in [0.3, 0.4) is 0 Å². The molecule has 1 aromatic rings. The summed E-state index contributed by atoms with van der Waals surface area (Å²) in [6, 6.07) is 0.588. The molecule has 5 nitrogen and oxygen atoms in total. The molecule has 17 heavy (non-hydrogen) atoms. The third kappa shape index (κ3) is 5.41. The molecule has 0 fully saturated rings. The molecule has 0 radical (unpaired) electrons. The Morgan fingerprint density at radius 1 is 1.35 bits per heavy atom. The van der Waals surface area contributed by atoms with Crippen molar-refractivity contribution in [3.05, 3.63) is 5.89 Å². The molecule has 0 aliphatic carbocycles. The van der Waals surface area contributed by atoms with Gasteiger partial charge in [0.1, 0.15) is 0 Å². The standard InChI is InChI=1S/C11H22N4OS/c1-11(2,3)12-8-9-13-14-10(16-9)15(4)6-7-17-5/h12H,6-8H2,1-5H3. The molecule has 0 spiro atoms. The van der Waals surface area contributed by atoms with Gasteiger partial charge in [-0.1, -0.05) is 5.10 Å². The molecule has 0 atom stereocenters. The van der Waals surface area contributed by atoms with E-state index in [1.54, 1.807) is 11.8 Å². The molecule has 98 valence electrons. The Balaban J connectivity index is 2.47. The highest BCUT2D eigenvalue weighted by atomic mass is 32.2. The maximum Gasteiger partial charge on any atom is 0.317 e. The Morgan fingerprint density at radius 3 is 2.65 bits per heavy atom. The second-order valence-electron chi connectivity index (χ2n) is 5.00. The van der Waals surface area contributed by atoms with Crippen LogP contribution >= 0.6 is 11.8 Å². The molecular formula is C11H22N4OS.